The molecule has 0 aliphatic rings. The molecule has 0 aliphatic heterocycles. The maximum atomic E-state index is 12.4. The van der Waals surface area contributed by atoms with Gasteiger partial charge in [0, 0.05) is 24.5 Å². The molecule has 0 bridgehead atoms. The molecule has 7 heteroatoms. The fourth-order valence-electron chi connectivity index (χ4n) is 1.43. The fraction of sp³-hybridized carbons (Fsp3) is 0.200. The van der Waals surface area contributed by atoms with Crippen LogP contribution in [0.5, 0.6) is 0 Å². The first-order chi connectivity index (χ1) is 7.93. The van der Waals surface area contributed by atoms with Gasteiger partial charge in [0.1, 0.15) is 5.65 Å². The average Bonchev–Trinajstić information content (AvgIpc) is 2.28. The van der Waals surface area contributed by atoms with Gasteiger partial charge in [0.05, 0.1) is 5.56 Å². The van der Waals surface area contributed by atoms with Gasteiger partial charge in [-0.3, -0.25) is 9.20 Å². The third-order valence-electron chi connectivity index (χ3n) is 2.33. The molecule has 90 valence electrons. The van der Waals surface area contributed by atoms with Crippen molar-refractivity contribution in [3.63, 3.8) is 0 Å². The minimum absolute atomic E-state index is 0.00417. The second-order valence-electron chi connectivity index (χ2n) is 3.43. The van der Waals surface area contributed by atoms with E-state index in [1.807, 2.05) is 0 Å². The Labute approximate surface area is 93.5 Å². The van der Waals surface area contributed by atoms with Gasteiger partial charge in [-0.15, -0.1) is 0 Å². The van der Waals surface area contributed by atoms with Gasteiger partial charge in [-0.05, 0) is 12.1 Å². The predicted molar refractivity (Wildman–Crippen MR) is 54.4 cm³/mol. The second kappa shape index (κ2) is 3.85. The molecular formula is C10H8F3N3O. The summed E-state index contributed by atoms with van der Waals surface area (Å²) in [4.78, 5) is 15.5. The van der Waals surface area contributed by atoms with Gasteiger partial charge in [-0.1, -0.05) is 0 Å². The Balaban J connectivity index is 2.70. The van der Waals surface area contributed by atoms with Crippen LogP contribution >= 0.6 is 0 Å². The van der Waals surface area contributed by atoms with Crippen LogP contribution in [0, 0.1) is 0 Å². The number of rotatable bonds is 1. The van der Waals surface area contributed by atoms with Crippen molar-refractivity contribution in [3.05, 3.63) is 46.0 Å². The fourth-order valence-corrected chi connectivity index (χ4v) is 1.43. The van der Waals surface area contributed by atoms with Crippen LogP contribution in [-0.4, -0.2) is 9.38 Å². The van der Waals surface area contributed by atoms with Gasteiger partial charge in [0.15, 0.2) is 0 Å². The number of pyridine rings is 1. The summed E-state index contributed by atoms with van der Waals surface area (Å²) >= 11 is 0. The van der Waals surface area contributed by atoms with E-state index >= 15 is 0 Å². The molecule has 2 aromatic heterocycles. The van der Waals surface area contributed by atoms with Crippen LogP contribution in [0.4, 0.5) is 13.2 Å². The van der Waals surface area contributed by atoms with Gasteiger partial charge in [0.2, 0.25) is 0 Å². The summed E-state index contributed by atoms with van der Waals surface area (Å²) in [5.74, 6) is 0. The van der Waals surface area contributed by atoms with E-state index in [4.69, 9.17) is 5.73 Å². The van der Waals surface area contributed by atoms with E-state index in [-0.39, 0.29) is 17.8 Å². The Morgan fingerprint density at radius 1 is 1.41 bits per heavy atom. The van der Waals surface area contributed by atoms with Crippen molar-refractivity contribution >= 4 is 5.65 Å². The molecule has 0 saturated carbocycles. The lowest BCUT2D eigenvalue weighted by Crippen LogP contribution is -2.22. The molecular weight excluding hydrogens is 235 g/mol. The first-order valence-electron chi connectivity index (χ1n) is 4.71. The summed E-state index contributed by atoms with van der Waals surface area (Å²) in [6, 6.07) is 1.65. The van der Waals surface area contributed by atoms with Crippen LogP contribution < -0.4 is 11.3 Å². The van der Waals surface area contributed by atoms with Gasteiger partial charge in [-0.25, -0.2) is 4.98 Å². The summed E-state index contributed by atoms with van der Waals surface area (Å²) in [5, 5.41) is 0. The van der Waals surface area contributed by atoms with Crippen molar-refractivity contribution in [2.45, 2.75) is 12.7 Å². The minimum atomic E-state index is -4.45. The molecule has 2 aromatic rings. The van der Waals surface area contributed by atoms with Crippen molar-refractivity contribution in [1.82, 2.24) is 9.38 Å². The second-order valence-corrected chi connectivity index (χ2v) is 3.43. The van der Waals surface area contributed by atoms with E-state index in [1.165, 1.54) is 6.20 Å². The number of nitrogens with two attached hydrogens (primary N) is 1. The van der Waals surface area contributed by atoms with Crippen LogP contribution in [0.2, 0.25) is 0 Å². The highest BCUT2D eigenvalue weighted by Crippen LogP contribution is 2.29. The van der Waals surface area contributed by atoms with Crippen LogP contribution in [0.25, 0.3) is 5.65 Å². The third-order valence-corrected chi connectivity index (χ3v) is 2.33. The normalized spacial score (nSPS) is 12.0. The number of alkyl halides is 3. The minimum Gasteiger partial charge on any atom is -0.326 e. The van der Waals surface area contributed by atoms with Crippen LogP contribution in [0.1, 0.15) is 11.1 Å². The molecule has 0 amide bonds. The number of hydrogen-bond acceptors (Lipinski definition) is 3. The van der Waals surface area contributed by atoms with E-state index in [1.54, 1.807) is 0 Å². The van der Waals surface area contributed by atoms with Crippen molar-refractivity contribution in [1.29, 1.82) is 0 Å². The van der Waals surface area contributed by atoms with E-state index < -0.39 is 17.3 Å². The molecule has 2 N–H and O–H groups in total. The molecule has 0 aromatic carbocycles. The van der Waals surface area contributed by atoms with Crippen molar-refractivity contribution < 1.29 is 13.2 Å². The molecule has 0 radical (unpaired) electrons. The zero-order valence-corrected chi connectivity index (χ0v) is 8.53. The maximum Gasteiger partial charge on any atom is 0.416 e. The summed E-state index contributed by atoms with van der Waals surface area (Å²) in [7, 11) is 0. The standard InChI is InChI=1S/C10H8F3N3O/c11-10(12,13)7-1-2-16-8(3-7)15-5-6(4-14)9(16)17/h1-3,5H,4,14H2. The molecule has 2 heterocycles. The lowest BCUT2D eigenvalue weighted by Gasteiger charge is -2.08. The first-order valence-corrected chi connectivity index (χ1v) is 4.71. The molecule has 0 saturated heterocycles. The Bertz CT molecular complexity index is 618. The van der Waals surface area contributed by atoms with Gasteiger partial charge in [0.25, 0.3) is 5.56 Å². The lowest BCUT2D eigenvalue weighted by molar-refractivity contribution is -0.137. The molecule has 2 rings (SSSR count). The maximum absolute atomic E-state index is 12.4. The zero-order valence-electron chi connectivity index (χ0n) is 8.53. The van der Waals surface area contributed by atoms with Crippen LogP contribution in [0.15, 0.2) is 29.3 Å². The SMILES string of the molecule is NCc1cnc2cc(C(F)(F)F)ccn2c1=O. The zero-order chi connectivity index (χ0) is 12.6. The number of halogens is 3. The third kappa shape index (κ3) is 2.01. The Kier molecular flexibility index (Phi) is 2.62. The van der Waals surface area contributed by atoms with Crippen molar-refractivity contribution in [3.8, 4) is 0 Å². The highest BCUT2D eigenvalue weighted by Gasteiger charge is 2.30. The quantitative estimate of drug-likeness (QED) is 0.817. The number of nitrogens with zero attached hydrogens (tertiary/aromatic N) is 2. The Hall–Kier alpha value is -1.89. The van der Waals surface area contributed by atoms with Crippen molar-refractivity contribution in [2.75, 3.05) is 0 Å². The van der Waals surface area contributed by atoms with E-state index in [0.717, 1.165) is 22.7 Å². The van der Waals surface area contributed by atoms with Gasteiger partial charge < -0.3 is 5.73 Å². The summed E-state index contributed by atoms with van der Waals surface area (Å²) in [5.41, 5.74) is 4.21. The number of hydrogen-bond donors (Lipinski definition) is 1. The topological polar surface area (TPSA) is 60.4 Å². The summed E-state index contributed by atoms with van der Waals surface area (Å²) in [6.45, 7) is -0.00417. The van der Waals surface area contributed by atoms with E-state index in [9.17, 15) is 18.0 Å². The molecule has 0 atom stereocenters. The van der Waals surface area contributed by atoms with Crippen molar-refractivity contribution in [2.24, 2.45) is 5.73 Å². The van der Waals surface area contributed by atoms with Crippen LogP contribution in [0.3, 0.4) is 0 Å². The van der Waals surface area contributed by atoms with E-state index in [0.29, 0.717) is 0 Å². The Morgan fingerprint density at radius 3 is 2.71 bits per heavy atom. The molecule has 0 spiro atoms. The van der Waals surface area contributed by atoms with E-state index in [2.05, 4.69) is 4.98 Å². The number of aromatic nitrogens is 2. The summed E-state index contributed by atoms with van der Waals surface area (Å²) in [6.07, 6.45) is -2.21. The highest BCUT2D eigenvalue weighted by molar-refractivity contribution is 5.42. The predicted octanol–water partition coefficient (Wildman–Crippen LogP) is 1.17. The van der Waals surface area contributed by atoms with Crippen LogP contribution in [-0.2, 0) is 12.7 Å². The monoisotopic (exact) mass is 243 g/mol. The molecule has 0 fully saturated rings. The average molecular weight is 243 g/mol. The Morgan fingerprint density at radius 2 is 2.12 bits per heavy atom. The summed E-state index contributed by atoms with van der Waals surface area (Å²) < 4.78 is 38.3. The van der Waals surface area contributed by atoms with Gasteiger partial charge in [-0.2, -0.15) is 13.2 Å². The smallest absolute Gasteiger partial charge is 0.326 e. The molecule has 0 aliphatic carbocycles. The van der Waals surface area contributed by atoms with Gasteiger partial charge >= 0.3 is 6.18 Å². The lowest BCUT2D eigenvalue weighted by atomic mass is 10.2. The molecule has 0 unspecified atom stereocenters. The largest absolute Gasteiger partial charge is 0.416 e. The first kappa shape index (κ1) is 11.6. The molecule has 4 nitrogen and oxygen atoms in total. The number of fused-ring (bicyclic) bond motifs is 1. The highest BCUT2D eigenvalue weighted by atomic mass is 19.4. The molecule has 17 heavy (non-hydrogen) atoms.